The average Bonchev–Trinajstić information content (AvgIpc) is 3.13. The second kappa shape index (κ2) is 7.97. The van der Waals surface area contributed by atoms with E-state index < -0.39 is 6.36 Å². The number of ether oxygens (including phenoxy) is 3. The summed E-state index contributed by atoms with van der Waals surface area (Å²) in [4.78, 5) is 4.22. The molecule has 0 radical (unpaired) electrons. The number of aliphatic imine (C=N–C) groups is 1. The van der Waals surface area contributed by atoms with Gasteiger partial charge in [0, 0.05) is 17.8 Å². The molecular formula is C20H16F3N3O4. The molecule has 2 aromatic carbocycles. The summed E-state index contributed by atoms with van der Waals surface area (Å²) in [5.74, 6) is 0.436. The Morgan fingerprint density at radius 3 is 2.63 bits per heavy atom. The van der Waals surface area contributed by atoms with Crippen LogP contribution in [-0.4, -0.2) is 37.6 Å². The summed E-state index contributed by atoms with van der Waals surface area (Å²) in [6.45, 7) is 0.229. The van der Waals surface area contributed by atoms with Crippen molar-refractivity contribution in [3.8, 4) is 28.5 Å². The van der Waals surface area contributed by atoms with Crippen molar-refractivity contribution in [2.45, 2.75) is 12.5 Å². The molecule has 0 aliphatic carbocycles. The fourth-order valence-electron chi connectivity index (χ4n) is 2.93. The van der Waals surface area contributed by atoms with Crippen LogP contribution in [0.3, 0.4) is 0 Å². The molecular weight excluding hydrogens is 403 g/mol. The summed E-state index contributed by atoms with van der Waals surface area (Å²) < 4.78 is 57.5. The minimum Gasteiger partial charge on any atom is -0.496 e. The van der Waals surface area contributed by atoms with Crippen LogP contribution < -0.4 is 19.5 Å². The van der Waals surface area contributed by atoms with Crippen molar-refractivity contribution in [2.24, 2.45) is 4.99 Å². The number of rotatable bonds is 6. The van der Waals surface area contributed by atoms with Gasteiger partial charge in [0.1, 0.15) is 18.1 Å². The highest BCUT2D eigenvalue weighted by atomic mass is 19.4. The van der Waals surface area contributed by atoms with Crippen molar-refractivity contribution >= 4 is 17.2 Å². The Hall–Kier alpha value is -3.69. The van der Waals surface area contributed by atoms with E-state index in [-0.39, 0.29) is 24.4 Å². The van der Waals surface area contributed by atoms with E-state index in [0.717, 1.165) is 0 Å². The van der Waals surface area contributed by atoms with Gasteiger partial charge in [-0.3, -0.25) is 4.99 Å². The molecule has 1 aromatic heterocycles. The lowest BCUT2D eigenvalue weighted by Crippen LogP contribution is -2.30. The van der Waals surface area contributed by atoms with Crippen LogP contribution in [0.2, 0.25) is 0 Å². The van der Waals surface area contributed by atoms with E-state index in [4.69, 9.17) is 14.0 Å². The Morgan fingerprint density at radius 1 is 1.17 bits per heavy atom. The van der Waals surface area contributed by atoms with E-state index in [1.54, 1.807) is 30.6 Å². The van der Waals surface area contributed by atoms with Crippen LogP contribution in [0.5, 0.6) is 17.4 Å². The molecule has 1 aliphatic rings. The van der Waals surface area contributed by atoms with E-state index >= 15 is 0 Å². The van der Waals surface area contributed by atoms with E-state index in [0.29, 0.717) is 27.8 Å². The second-order valence-electron chi connectivity index (χ2n) is 6.26. The molecule has 0 saturated carbocycles. The number of hydrogen-bond acceptors (Lipinski definition) is 7. The molecule has 0 spiro atoms. The van der Waals surface area contributed by atoms with Gasteiger partial charge >= 0.3 is 6.36 Å². The van der Waals surface area contributed by atoms with Crippen molar-refractivity contribution in [2.75, 3.05) is 13.7 Å². The highest BCUT2D eigenvalue weighted by molar-refractivity contribution is 5.90. The number of fused-ring (bicyclic) bond motifs is 1. The first-order valence-corrected chi connectivity index (χ1v) is 8.84. The van der Waals surface area contributed by atoms with Crippen LogP contribution in [0.25, 0.3) is 22.1 Å². The van der Waals surface area contributed by atoms with Crippen LogP contribution in [-0.2, 0) is 0 Å². The molecule has 3 aromatic rings. The minimum atomic E-state index is -4.75. The van der Waals surface area contributed by atoms with Gasteiger partial charge in [-0.25, -0.2) is 0 Å². The van der Waals surface area contributed by atoms with Crippen molar-refractivity contribution in [1.82, 2.24) is 10.5 Å². The third-order valence-electron chi connectivity index (χ3n) is 4.27. The second-order valence-corrected chi connectivity index (χ2v) is 6.26. The first-order valence-electron chi connectivity index (χ1n) is 8.84. The number of halogens is 3. The van der Waals surface area contributed by atoms with Crippen LogP contribution >= 0.6 is 0 Å². The predicted octanol–water partition coefficient (Wildman–Crippen LogP) is 4.29. The Bertz CT molecular complexity index is 1090. The summed E-state index contributed by atoms with van der Waals surface area (Å²) >= 11 is 0. The summed E-state index contributed by atoms with van der Waals surface area (Å²) in [6, 6.07) is 8.87. The maximum Gasteiger partial charge on any atom is 0.573 e. The quantitative estimate of drug-likeness (QED) is 0.642. The zero-order valence-corrected chi connectivity index (χ0v) is 15.6. The van der Waals surface area contributed by atoms with E-state index in [9.17, 15) is 13.2 Å². The van der Waals surface area contributed by atoms with Gasteiger partial charge in [-0.1, -0.05) is 12.1 Å². The average molecular weight is 419 g/mol. The maximum absolute atomic E-state index is 12.4. The maximum atomic E-state index is 12.4. The third-order valence-corrected chi connectivity index (χ3v) is 4.27. The number of allylic oxidation sites excluding steroid dienone is 1. The van der Waals surface area contributed by atoms with Gasteiger partial charge in [-0.05, 0) is 41.2 Å². The highest BCUT2D eigenvalue weighted by Gasteiger charge is 2.31. The molecule has 1 atom stereocenters. The van der Waals surface area contributed by atoms with Crippen LogP contribution in [0.15, 0.2) is 58.2 Å². The van der Waals surface area contributed by atoms with Crippen molar-refractivity contribution in [3.63, 3.8) is 0 Å². The number of nitrogens with zero attached hydrogens (tertiary/aromatic N) is 2. The molecule has 10 heteroatoms. The molecule has 0 amide bonds. The van der Waals surface area contributed by atoms with Gasteiger partial charge in [0.25, 0.3) is 5.88 Å². The Labute approximate surface area is 168 Å². The molecule has 156 valence electrons. The zero-order valence-electron chi connectivity index (χ0n) is 15.6. The normalized spacial score (nSPS) is 15.8. The summed E-state index contributed by atoms with van der Waals surface area (Å²) in [5.41, 5.74) is 1.70. The number of nitrogens with one attached hydrogen (secondary N) is 1. The van der Waals surface area contributed by atoms with Gasteiger partial charge in [0.05, 0.1) is 12.5 Å². The van der Waals surface area contributed by atoms with Crippen LogP contribution in [0, 0.1) is 0 Å². The van der Waals surface area contributed by atoms with E-state index in [1.807, 2.05) is 0 Å². The lowest BCUT2D eigenvalue weighted by atomic mass is 10.0. The van der Waals surface area contributed by atoms with Crippen LogP contribution in [0.4, 0.5) is 13.2 Å². The van der Waals surface area contributed by atoms with Gasteiger partial charge < -0.3 is 24.1 Å². The third kappa shape index (κ3) is 4.32. The van der Waals surface area contributed by atoms with Gasteiger partial charge in [-0.2, -0.15) is 0 Å². The minimum absolute atomic E-state index is 0.229. The summed E-state index contributed by atoms with van der Waals surface area (Å²) in [5, 5.41) is 7.58. The van der Waals surface area contributed by atoms with Gasteiger partial charge in [0.15, 0.2) is 11.7 Å². The monoisotopic (exact) mass is 419 g/mol. The van der Waals surface area contributed by atoms with Crippen molar-refractivity contribution < 1.29 is 31.9 Å². The zero-order chi connectivity index (χ0) is 21.1. The molecule has 0 fully saturated rings. The first-order chi connectivity index (χ1) is 14.4. The number of methoxy groups -OCH3 is 1. The summed E-state index contributed by atoms with van der Waals surface area (Å²) in [6.07, 6.45) is 0.198. The fraction of sp³-hybridized carbons (Fsp3) is 0.200. The molecule has 7 nitrogen and oxygen atoms in total. The lowest BCUT2D eigenvalue weighted by Gasteiger charge is -2.14. The smallest absolute Gasteiger partial charge is 0.496 e. The fourth-order valence-corrected chi connectivity index (χ4v) is 2.93. The highest BCUT2D eigenvalue weighted by Crippen LogP contribution is 2.38. The Balaban J connectivity index is 1.62. The largest absolute Gasteiger partial charge is 0.573 e. The first kappa shape index (κ1) is 19.6. The lowest BCUT2D eigenvalue weighted by molar-refractivity contribution is -0.274. The topological polar surface area (TPSA) is 78.1 Å². The summed E-state index contributed by atoms with van der Waals surface area (Å²) in [7, 11) is 1.49. The Morgan fingerprint density at radius 2 is 1.97 bits per heavy atom. The van der Waals surface area contributed by atoms with Gasteiger partial charge in [-0.15, -0.1) is 13.2 Å². The molecule has 4 rings (SSSR count). The van der Waals surface area contributed by atoms with E-state index in [2.05, 4.69) is 20.2 Å². The van der Waals surface area contributed by atoms with Crippen molar-refractivity contribution in [3.05, 3.63) is 48.7 Å². The predicted molar refractivity (Wildman–Crippen MR) is 103 cm³/mol. The number of alkyl halides is 3. The Kier molecular flexibility index (Phi) is 5.21. The standard InChI is InChI=1S/C20H16F3N3O4/c1-27-16-10-17-15(19(26-30-17)28-11-18-24-7-2-8-25-18)9-14(16)12-3-5-13(6-4-12)29-20(21,22)23/h2-10,18,24H,11H2,1H3. The number of hydrogen-bond donors (Lipinski definition) is 1. The van der Waals surface area contributed by atoms with E-state index in [1.165, 1.54) is 31.4 Å². The van der Waals surface area contributed by atoms with Crippen LogP contribution in [0.1, 0.15) is 0 Å². The molecule has 1 N–H and O–H groups in total. The van der Waals surface area contributed by atoms with Gasteiger partial charge in [0.2, 0.25) is 0 Å². The molecule has 1 aliphatic heterocycles. The molecule has 0 saturated heterocycles. The number of aromatic nitrogens is 1. The molecule has 1 unspecified atom stereocenters. The molecule has 0 bridgehead atoms. The molecule has 30 heavy (non-hydrogen) atoms. The number of benzene rings is 2. The SMILES string of the molecule is COc1cc2onc(OCC3N=CC=CN3)c2cc1-c1ccc(OC(F)(F)F)cc1. The van der Waals surface area contributed by atoms with Crippen molar-refractivity contribution in [1.29, 1.82) is 0 Å². The molecule has 2 heterocycles.